The Hall–Kier alpha value is -1.91. The highest BCUT2D eigenvalue weighted by Gasteiger charge is 2.12. The van der Waals surface area contributed by atoms with E-state index in [1.54, 1.807) is 0 Å². The average molecular weight is 363 g/mol. The minimum atomic E-state index is -0.765. The zero-order chi connectivity index (χ0) is 19.5. The van der Waals surface area contributed by atoms with E-state index in [0.717, 1.165) is 25.7 Å². The van der Waals surface area contributed by atoms with Crippen LogP contribution in [0.25, 0.3) is 0 Å². The number of carboxylic acids is 1. The second kappa shape index (κ2) is 17.9. The lowest BCUT2D eigenvalue weighted by Gasteiger charge is -2.14. The van der Waals surface area contributed by atoms with Gasteiger partial charge in [-0.1, -0.05) is 67.7 Å². The van der Waals surface area contributed by atoms with Crippen LogP contribution in [-0.4, -0.2) is 33.5 Å². The predicted molar refractivity (Wildman–Crippen MR) is 108 cm³/mol. The third kappa shape index (κ3) is 16.9. The number of hydrogen-bond acceptors (Lipinski definition) is 3. The van der Waals surface area contributed by atoms with Crippen LogP contribution in [0, 0.1) is 0 Å². The van der Waals surface area contributed by atoms with E-state index in [1.165, 1.54) is 0 Å². The summed E-state index contributed by atoms with van der Waals surface area (Å²) in [5.41, 5.74) is 0. The lowest BCUT2D eigenvalue weighted by atomic mass is 10.1. The molecule has 0 fully saturated rings. The Morgan fingerprint density at radius 3 is 1.62 bits per heavy atom. The van der Waals surface area contributed by atoms with E-state index in [2.05, 4.69) is 24.3 Å². The van der Waals surface area contributed by atoms with E-state index in [4.69, 9.17) is 5.11 Å². The van der Waals surface area contributed by atoms with Gasteiger partial charge in [-0.05, 0) is 44.9 Å². The Labute approximate surface area is 157 Å². The molecular weight excluding hydrogens is 328 g/mol. The minimum Gasteiger partial charge on any atom is -0.481 e. The normalized spacial score (nSPS) is 15.2. The van der Waals surface area contributed by atoms with Crippen LogP contribution < -0.4 is 0 Å². The molecule has 0 amide bonds. The van der Waals surface area contributed by atoms with Crippen molar-refractivity contribution >= 4 is 5.97 Å². The summed E-state index contributed by atoms with van der Waals surface area (Å²) in [6, 6.07) is 0. The largest absolute Gasteiger partial charge is 0.481 e. The topological polar surface area (TPSA) is 77.8 Å². The molecule has 0 aromatic heterocycles. The fourth-order valence-corrected chi connectivity index (χ4v) is 2.09. The average Bonchev–Trinajstić information content (AvgIpc) is 2.61. The quantitative estimate of drug-likeness (QED) is 0.369. The SMILES string of the molecule is CC/C=C\C[C@H](O)[C@H](O)C/C=C\C/C=C\C/C=C\C/C=C\CCC(=O)O. The highest BCUT2D eigenvalue weighted by Crippen LogP contribution is 2.06. The van der Waals surface area contributed by atoms with Gasteiger partial charge >= 0.3 is 5.97 Å². The molecule has 0 saturated heterocycles. The van der Waals surface area contributed by atoms with Gasteiger partial charge in [0.05, 0.1) is 12.2 Å². The van der Waals surface area contributed by atoms with Crippen molar-refractivity contribution in [2.24, 2.45) is 0 Å². The van der Waals surface area contributed by atoms with Gasteiger partial charge in [-0.3, -0.25) is 4.79 Å². The second-order valence-corrected chi connectivity index (χ2v) is 6.01. The molecule has 0 aliphatic carbocycles. The van der Waals surface area contributed by atoms with E-state index < -0.39 is 18.2 Å². The first kappa shape index (κ1) is 24.1. The first-order chi connectivity index (χ1) is 12.6. The summed E-state index contributed by atoms with van der Waals surface area (Å²) >= 11 is 0. The fraction of sp³-hybridized carbons (Fsp3) is 0.500. The summed E-state index contributed by atoms with van der Waals surface area (Å²) in [5.74, 6) is -0.765. The van der Waals surface area contributed by atoms with Gasteiger partial charge in [-0.25, -0.2) is 0 Å². The van der Waals surface area contributed by atoms with Gasteiger partial charge in [0, 0.05) is 6.42 Å². The lowest BCUT2D eigenvalue weighted by Crippen LogP contribution is -2.24. The van der Waals surface area contributed by atoms with Crippen molar-refractivity contribution in [1.82, 2.24) is 0 Å². The molecule has 0 saturated carbocycles. The van der Waals surface area contributed by atoms with Gasteiger partial charge in [0.25, 0.3) is 0 Å². The molecule has 0 aliphatic rings. The van der Waals surface area contributed by atoms with Crippen molar-refractivity contribution < 1.29 is 20.1 Å². The Bertz CT molecular complexity index is 486. The van der Waals surface area contributed by atoms with Crippen molar-refractivity contribution in [1.29, 1.82) is 0 Å². The number of aliphatic hydroxyl groups excluding tert-OH is 2. The number of aliphatic hydroxyl groups is 2. The molecule has 4 heteroatoms. The van der Waals surface area contributed by atoms with E-state index in [0.29, 0.717) is 19.3 Å². The number of rotatable bonds is 15. The first-order valence-electron chi connectivity index (χ1n) is 9.40. The second-order valence-electron chi connectivity index (χ2n) is 6.01. The third-order valence-corrected chi connectivity index (χ3v) is 3.61. The predicted octanol–water partition coefficient (Wildman–Crippen LogP) is 4.71. The van der Waals surface area contributed by atoms with Crippen LogP contribution in [0.1, 0.15) is 58.3 Å². The lowest BCUT2D eigenvalue weighted by molar-refractivity contribution is -0.136. The number of carboxylic acid groups (broad SMARTS) is 1. The number of carbonyl (C=O) groups is 1. The molecule has 4 nitrogen and oxygen atoms in total. The summed E-state index contributed by atoms with van der Waals surface area (Å²) in [5, 5.41) is 28.1. The van der Waals surface area contributed by atoms with Gasteiger partial charge in [0.2, 0.25) is 0 Å². The van der Waals surface area contributed by atoms with Crippen LogP contribution in [-0.2, 0) is 4.79 Å². The van der Waals surface area contributed by atoms with Gasteiger partial charge in [0.15, 0.2) is 0 Å². The first-order valence-corrected chi connectivity index (χ1v) is 9.40. The molecule has 0 bridgehead atoms. The van der Waals surface area contributed by atoms with E-state index in [9.17, 15) is 15.0 Å². The van der Waals surface area contributed by atoms with E-state index in [-0.39, 0.29) is 6.42 Å². The Morgan fingerprint density at radius 2 is 1.15 bits per heavy atom. The van der Waals surface area contributed by atoms with E-state index in [1.807, 2.05) is 43.4 Å². The molecule has 0 spiro atoms. The molecule has 2 atom stereocenters. The van der Waals surface area contributed by atoms with Crippen molar-refractivity contribution in [3.05, 3.63) is 60.8 Å². The summed E-state index contributed by atoms with van der Waals surface area (Å²) in [6.45, 7) is 2.04. The zero-order valence-corrected chi connectivity index (χ0v) is 15.8. The summed E-state index contributed by atoms with van der Waals surface area (Å²) in [6.07, 6.45) is 23.6. The van der Waals surface area contributed by atoms with Gasteiger partial charge < -0.3 is 15.3 Å². The molecule has 0 unspecified atom stereocenters. The van der Waals surface area contributed by atoms with Gasteiger partial charge in [0.1, 0.15) is 0 Å². The maximum atomic E-state index is 10.3. The smallest absolute Gasteiger partial charge is 0.303 e. The molecule has 0 aromatic rings. The molecule has 0 aromatic carbocycles. The zero-order valence-electron chi connectivity index (χ0n) is 15.8. The molecular formula is C22H34O4. The highest BCUT2D eigenvalue weighted by molar-refractivity contribution is 5.66. The van der Waals surface area contributed by atoms with Crippen molar-refractivity contribution in [2.75, 3.05) is 0 Å². The van der Waals surface area contributed by atoms with Crippen LogP contribution in [0.5, 0.6) is 0 Å². The Balaban J connectivity index is 3.70. The summed E-state index contributed by atoms with van der Waals surface area (Å²) in [4.78, 5) is 10.3. The minimum absolute atomic E-state index is 0.183. The van der Waals surface area contributed by atoms with Crippen LogP contribution in [0.4, 0.5) is 0 Å². The Kier molecular flexibility index (Phi) is 16.6. The van der Waals surface area contributed by atoms with Crippen LogP contribution in [0.15, 0.2) is 60.8 Å². The van der Waals surface area contributed by atoms with Crippen molar-refractivity contribution in [2.45, 2.75) is 70.5 Å². The van der Waals surface area contributed by atoms with Gasteiger partial charge in [-0.2, -0.15) is 0 Å². The molecule has 0 rings (SSSR count). The van der Waals surface area contributed by atoms with Gasteiger partial charge in [-0.15, -0.1) is 0 Å². The molecule has 0 heterocycles. The molecule has 146 valence electrons. The third-order valence-electron chi connectivity index (χ3n) is 3.61. The number of allylic oxidation sites excluding steroid dienone is 8. The van der Waals surface area contributed by atoms with Crippen LogP contribution in [0.2, 0.25) is 0 Å². The molecule has 0 radical (unpaired) electrons. The maximum Gasteiger partial charge on any atom is 0.303 e. The fourth-order valence-electron chi connectivity index (χ4n) is 2.09. The molecule has 3 N–H and O–H groups in total. The molecule has 0 aliphatic heterocycles. The monoisotopic (exact) mass is 362 g/mol. The summed E-state index contributed by atoms with van der Waals surface area (Å²) < 4.78 is 0. The number of aliphatic carboxylic acids is 1. The van der Waals surface area contributed by atoms with Crippen molar-refractivity contribution in [3.8, 4) is 0 Å². The standard InChI is InChI=1S/C22H34O4/c1-2-3-14-17-20(23)21(24)18-15-12-10-8-6-4-5-7-9-11-13-16-19-22(25)26/h3,5-8,11-15,20-21,23-24H,2,4,9-10,16-19H2,1H3,(H,25,26)/b7-5-,8-6-,13-11-,14-3-,15-12-/t20-,21+/m0/s1. The van der Waals surface area contributed by atoms with Crippen molar-refractivity contribution in [3.63, 3.8) is 0 Å². The highest BCUT2D eigenvalue weighted by atomic mass is 16.4. The van der Waals surface area contributed by atoms with Crippen LogP contribution >= 0.6 is 0 Å². The Morgan fingerprint density at radius 1 is 0.731 bits per heavy atom. The summed E-state index contributed by atoms with van der Waals surface area (Å²) in [7, 11) is 0. The number of hydrogen-bond donors (Lipinski definition) is 3. The maximum absolute atomic E-state index is 10.3. The molecule has 26 heavy (non-hydrogen) atoms. The van der Waals surface area contributed by atoms with E-state index >= 15 is 0 Å². The van der Waals surface area contributed by atoms with Crippen LogP contribution in [0.3, 0.4) is 0 Å².